The van der Waals surface area contributed by atoms with Crippen LogP contribution in [0.2, 0.25) is 0 Å². The number of aromatic nitrogens is 1. The van der Waals surface area contributed by atoms with Crippen molar-refractivity contribution in [1.29, 1.82) is 0 Å². The van der Waals surface area contributed by atoms with E-state index < -0.39 is 0 Å². The molecule has 3 heteroatoms. The molecule has 0 saturated heterocycles. The SMILES string of the molecule is CC=CCOc1cccc(CNC(C)C)n1. The van der Waals surface area contributed by atoms with Gasteiger partial charge in [0.15, 0.2) is 0 Å². The summed E-state index contributed by atoms with van der Waals surface area (Å²) in [5.41, 5.74) is 1.01. The highest BCUT2D eigenvalue weighted by atomic mass is 16.5. The molecule has 0 amide bonds. The maximum atomic E-state index is 5.47. The molecule has 1 aromatic rings. The van der Waals surface area contributed by atoms with Crippen LogP contribution in [0, 0.1) is 0 Å². The zero-order valence-electron chi connectivity index (χ0n) is 10.2. The molecule has 0 radical (unpaired) electrons. The van der Waals surface area contributed by atoms with E-state index in [2.05, 4.69) is 24.1 Å². The fraction of sp³-hybridized carbons (Fsp3) is 0.462. The zero-order valence-corrected chi connectivity index (χ0v) is 10.2. The highest BCUT2D eigenvalue weighted by Gasteiger charge is 1.99. The second kappa shape index (κ2) is 7.01. The van der Waals surface area contributed by atoms with Crippen molar-refractivity contribution in [3.05, 3.63) is 36.0 Å². The van der Waals surface area contributed by atoms with Gasteiger partial charge in [-0.05, 0) is 13.0 Å². The predicted molar refractivity (Wildman–Crippen MR) is 66.5 cm³/mol. The average molecular weight is 220 g/mol. The summed E-state index contributed by atoms with van der Waals surface area (Å²) >= 11 is 0. The Morgan fingerprint density at radius 2 is 2.25 bits per heavy atom. The van der Waals surface area contributed by atoms with Gasteiger partial charge in [0, 0.05) is 18.7 Å². The van der Waals surface area contributed by atoms with Crippen LogP contribution in [-0.2, 0) is 6.54 Å². The van der Waals surface area contributed by atoms with E-state index in [-0.39, 0.29) is 0 Å². The zero-order chi connectivity index (χ0) is 11.8. The third-order valence-corrected chi connectivity index (χ3v) is 2.04. The van der Waals surface area contributed by atoms with Crippen LogP contribution in [0.1, 0.15) is 26.5 Å². The van der Waals surface area contributed by atoms with Gasteiger partial charge in [-0.2, -0.15) is 0 Å². The number of allylic oxidation sites excluding steroid dienone is 1. The summed E-state index contributed by atoms with van der Waals surface area (Å²) in [5, 5.41) is 3.32. The Balaban J connectivity index is 2.50. The van der Waals surface area contributed by atoms with Gasteiger partial charge in [0.2, 0.25) is 5.88 Å². The highest BCUT2D eigenvalue weighted by molar-refractivity contribution is 5.16. The van der Waals surface area contributed by atoms with Gasteiger partial charge < -0.3 is 10.1 Å². The van der Waals surface area contributed by atoms with Crippen molar-refractivity contribution in [2.75, 3.05) is 6.61 Å². The molecule has 0 aliphatic carbocycles. The minimum absolute atomic E-state index is 0.467. The first-order valence-electron chi connectivity index (χ1n) is 5.65. The summed E-state index contributed by atoms with van der Waals surface area (Å²) < 4.78 is 5.47. The summed E-state index contributed by atoms with van der Waals surface area (Å²) in [4.78, 5) is 4.40. The van der Waals surface area contributed by atoms with Gasteiger partial charge in [-0.25, -0.2) is 4.98 Å². The molecular weight excluding hydrogens is 200 g/mol. The lowest BCUT2D eigenvalue weighted by Crippen LogP contribution is -2.22. The molecule has 0 spiro atoms. The van der Waals surface area contributed by atoms with E-state index in [1.807, 2.05) is 37.3 Å². The summed E-state index contributed by atoms with van der Waals surface area (Å²) in [5.74, 6) is 0.682. The van der Waals surface area contributed by atoms with Gasteiger partial charge in [0.1, 0.15) is 6.61 Å². The molecule has 0 unspecified atom stereocenters. The minimum atomic E-state index is 0.467. The summed E-state index contributed by atoms with van der Waals surface area (Å²) in [6.45, 7) is 7.56. The highest BCUT2D eigenvalue weighted by Crippen LogP contribution is 2.07. The Hall–Kier alpha value is -1.35. The molecular formula is C13H20N2O. The van der Waals surface area contributed by atoms with Crippen molar-refractivity contribution in [3.63, 3.8) is 0 Å². The van der Waals surface area contributed by atoms with Crippen LogP contribution in [0.15, 0.2) is 30.4 Å². The van der Waals surface area contributed by atoms with Crippen LogP contribution >= 0.6 is 0 Å². The number of pyridine rings is 1. The first kappa shape index (κ1) is 12.7. The molecule has 1 N–H and O–H groups in total. The van der Waals surface area contributed by atoms with Crippen LogP contribution < -0.4 is 10.1 Å². The number of nitrogens with one attached hydrogen (secondary N) is 1. The van der Waals surface area contributed by atoms with Crippen molar-refractivity contribution < 1.29 is 4.74 Å². The molecule has 0 aliphatic heterocycles. The molecule has 0 saturated carbocycles. The Morgan fingerprint density at radius 1 is 1.44 bits per heavy atom. The molecule has 1 aromatic heterocycles. The van der Waals surface area contributed by atoms with Crippen molar-refractivity contribution in [2.24, 2.45) is 0 Å². The minimum Gasteiger partial charge on any atom is -0.473 e. The second-order valence-corrected chi connectivity index (χ2v) is 3.88. The molecule has 3 nitrogen and oxygen atoms in total. The Bertz CT molecular complexity index is 334. The van der Waals surface area contributed by atoms with Crippen molar-refractivity contribution >= 4 is 0 Å². The van der Waals surface area contributed by atoms with Crippen molar-refractivity contribution in [1.82, 2.24) is 10.3 Å². The van der Waals surface area contributed by atoms with E-state index in [1.165, 1.54) is 0 Å². The molecule has 16 heavy (non-hydrogen) atoms. The molecule has 0 aliphatic rings. The van der Waals surface area contributed by atoms with E-state index in [0.717, 1.165) is 12.2 Å². The molecule has 1 rings (SSSR count). The van der Waals surface area contributed by atoms with Gasteiger partial charge in [-0.3, -0.25) is 0 Å². The summed E-state index contributed by atoms with van der Waals surface area (Å²) in [6, 6.07) is 6.31. The average Bonchev–Trinajstić information content (AvgIpc) is 2.27. The van der Waals surface area contributed by atoms with Crippen molar-refractivity contribution in [2.45, 2.75) is 33.4 Å². The van der Waals surface area contributed by atoms with Crippen LogP contribution in [0.3, 0.4) is 0 Å². The number of hydrogen-bond donors (Lipinski definition) is 1. The smallest absolute Gasteiger partial charge is 0.213 e. The first-order valence-corrected chi connectivity index (χ1v) is 5.65. The lowest BCUT2D eigenvalue weighted by Gasteiger charge is -2.08. The lowest BCUT2D eigenvalue weighted by molar-refractivity contribution is 0.346. The largest absolute Gasteiger partial charge is 0.473 e. The molecule has 88 valence electrons. The summed E-state index contributed by atoms with van der Waals surface area (Å²) in [6.07, 6.45) is 3.92. The molecule has 0 aromatic carbocycles. The number of hydrogen-bond acceptors (Lipinski definition) is 3. The summed E-state index contributed by atoms with van der Waals surface area (Å²) in [7, 11) is 0. The Labute approximate surface area is 97.5 Å². The lowest BCUT2D eigenvalue weighted by atomic mass is 10.3. The van der Waals surface area contributed by atoms with Gasteiger partial charge in [-0.1, -0.05) is 32.1 Å². The maximum Gasteiger partial charge on any atom is 0.213 e. The molecule has 0 fully saturated rings. The van der Waals surface area contributed by atoms with E-state index in [1.54, 1.807) is 0 Å². The Morgan fingerprint density at radius 3 is 2.94 bits per heavy atom. The first-order chi connectivity index (χ1) is 7.72. The fourth-order valence-electron chi connectivity index (χ4n) is 1.17. The van der Waals surface area contributed by atoms with Crippen LogP contribution in [-0.4, -0.2) is 17.6 Å². The van der Waals surface area contributed by atoms with E-state index in [0.29, 0.717) is 18.5 Å². The van der Waals surface area contributed by atoms with Crippen LogP contribution in [0.25, 0.3) is 0 Å². The quantitative estimate of drug-likeness (QED) is 0.748. The van der Waals surface area contributed by atoms with Gasteiger partial charge in [0.05, 0.1) is 5.69 Å². The maximum absolute atomic E-state index is 5.47. The molecule has 0 bridgehead atoms. The topological polar surface area (TPSA) is 34.1 Å². The standard InChI is InChI=1S/C13H20N2O/c1-4-5-9-16-13-8-6-7-12(15-13)10-14-11(2)3/h4-8,11,14H,9-10H2,1-3H3. The van der Waals surface area contributed by atoms with E-state index in [4.69, 9.17) is 4.74 Å². The second-order valence-electron chi connectivity index (χ2n) is 3.88. The molecule has 0 atom stereocenters. The number of ether oxygens (including phenoxy) is 1. The van der Waals surface area contributed by atoms with E-state index in [9.17, 15) is 0 Å². The Kier molecular flexibility index (Phi) is 5.57. The van der Waals surface area contributed by atoms with Gasteiger partial charge in [-0.15, -0.1) is 0 Å². The number of nitrogens with zero attached hydrogens (tertiary/aromatic N) is 1. The molecule has 1 heterocycles. The third kappa shape index (κ3) is 4.94. The van der Waals surface area contributed by atoms with Gasteiger partial charge >= 0.3 is 0 Å². The van der Waals surface area contributed by atoms with Crippen LogP contribution in [0.4, 0.5) is 0 Å². The predicted octanol–water partition coefficient (Wildman–Crippen LogP) is 2.53. The van der Waals surface area contributed by atoms with Crippen LogP contribution in [0.5, 0.6) is 5.88 Å². The monoisotopic (exact) mass is 220 g/mol. The van der Waals surface area contributed by atoms with Gasteiger partial charge in [0.25, 0.3) is 0 Å². The fourth-order valence-corrected chi connectivity index (χ4v) is 1.17. The van der Waals surface area contributed by atoms with Crippen molar-refractivity contribution in [3.8, 4) is 5.88 Å². The third-order valence-electron chi connectivity index (χ3n) is 2.04. The number of rotatable bonds is 6. The van der Waals surface area contributed by atoms with E-state index >= 15 is 0 Å². The normalized spacial score (nSPS) is 11.2.